The molecule has 1 unspecified atom stereocenters. The molecule has 0 saturated carbocycles. The normalized spacial score (nSPS) is 14.1. The number of aliphatic hydroxyl groups is 1. The predicted octanol–water partition coefficient (Wildman–Crippen LogP) is 3.91. The predicted molar refractivity (Wildman–Crippen MR) is 150 cm³/mol. The van der Waals surface area contributed by atoms with E-state index in [2.05, 4.69) is 4.72 Å². The number of rotatable bonds is 8. The van der Waals surface area contributed by atoms with Gasteiger partial charge in [-0.2, -0.15) is 4.72 Å². The number of allylic oxidation sites excluding steroid dienone is 2. The lowest BCUT2D eigenvalue weighted by Gasteiger charge is -2.20. The largest absolute Gasteiger partial charge is 0.507 e. The van der Waals surface area contributed by atoms with E-state index in [4.69, 9.17) is 0 Å². The molecule has 0 aliphatic heterocycles. The van der Waals surface area contributed by atoms with Gasteiger partial charge in [0.05, 0.1) is 22.1 Å². The van der Waals surface area contributed by atoms with E-state index < -0.39 is 39.7 Å². The molecule has 0 saturated heterocycles. The van der Waals surface area contributed by atoms with E-state index in [0.717, 1.165) is 23.8 Å². The topological polar surface area (TPSA) is 178 Å². The molecule has 5 N–H and O–H groups in total. The number of carbonyl (C=O) groups excluding carboxylic acids is 2. The van der Waals surface area contributed by atoms with Crippen molar-refractivity contribution in [2.75, 3.05) is 0 Å². The molecule has 11 heteroatoms. The number of sulfonamides is 1. The summed E-state index contributed by atoms with van der Waals surface area (Å²) in [5, 5.41) is 38.7. The van der Waals surface area contributed by atoms with Gasteiger partial charge >= 0.3 is 5.97 Å². The van der Waals surface area contributed by atoms with Crippen LogP contribution in [0.5, 0.6) is 11.5 Å². The van der Waals surface area contributed by atoms with Crippen molar-refractivity contribution < 1.29 is 43.2 Å². The highest BCUT2D eigenvalue weighted by atomic mass is 32.2. The van der Waals surface area contributed by atoms with Gasteiger partial charge in [-0.3, -0.25) is 14.4 Å². The van der Waals surface area contributed by atoms with E-state index in [-0.39, 0.29) is 39.5 Å². The molecule has 0 heterocycles. The smallest absolute Gasteiger partial charge is 0.326 e. The highest BCUT2D eigenvalue weighted by molar-refractivity contribution is 7.89. The fraction of sp³-hybridized carbons (Fsp3) is 0.167. The molecule has 0 amide bonds. The lowest BCUT2D eigenvalue weighted by Crippen LogP contribution is -2.33. The summed E-state index contributed by atoms with van der Waals surface area (Å²) in [6.45, 7) is 3.71. The van der Waals surface area contributed by atoms with Crippen molar-refractivity contribution in [3.8, 4) is 11.5 Å². The number of carboxylic acid groups (broad SMARTS) is 1. The molecular formula is C30H29NO9S. The number of nitrogens with one attached hydrogen (secondary N) is 1. The zero-order chi connectivity index (χ0) is 30.3. The first-order valence-corrected chi connectivity index (χ1v) is 13.8. The summed E-state index contributed by atoms with van der Waals surface area (Å²) < 4.78 is 26.5. The second-order valence-corrected chi connectivity index (χ2v) is 11.0. The fourth-order valence-corrected chi connectivity index (χ4v) is 5.13. The minimum absolute atomic E-state index is 0.0298. The Morgan fingerprint density at radius 3 is 1.95 bits per heavy atom. The van der Waals surface area contributed by atoms with Gasteiger partial charge in [0, 0.05) is 5.57 Å². The number of phenolic OH excluding ortho intramolecular Hbond substituents is 2. The van der Waals surface area contributed by atoms with Gasteiger partial charge in [0.15, 0.2) is 11.6 Å². The highest BCUT2D eigenvalue weighted by Crippen LogP contribution is 2.35. The van der Waals surface area contributed by atoms with Gasteiger partial charge < -0.3 is 20.4 Å². The highest BCUT2D eigenvalue weighted by Gasteiger charge is 2.33. The van der Waals surface area contributed by atoms with Crippen molar-refractivity contribution in [2.24, 2.45) is 0 Å². The third-order valence-electron chi connectivity index (χ3n) is 6.00. The van der Waals surface area contributed by atoms with Gasteiger partial charge in [-0.05, 0) is 56.2 Å². The lowest BCUT2D eigenvalue weighted by molar-refractivity contribution is -0.139. The van der Waals surface area contributed by atoms with Crippen molar-refractivity contribution in [1.82, 2.24) is 4.72 Å². The van der Waals surface area contributed by atoms with E-state index in [1.54, 1.807) is 54.6 Å². The number of carboxylic acids is 1. The molecule has 0 aromatic heterocycles. The minimum Gasteiger partial charge on any atom is -0.507 e. The van der Waals surface area contributed by atoms with E-state index in [9.17, 15) is 43.2 Å². The SMILES string of the molecule is CC(C)=CC[C@@H](O)C1=CC(=O)c2c(O)ccc(O)c2C1=O.O=C(O)C(NS(=O)(=O)c1ccccc1)c1ccccc1. The van der Waals surface area contributed by atoms with Crippen LogP contribution in [0.4, 0.5) is 0 Å². The molecule has 1 aliphatic rings. The van der Waals surface area contributed by atoms with Crippen LogP contribution in [0.15, 0.2) is 101 Å². The molecular weight excluding hydrogens is 550 g/mol. The van der Waals surface area contributed by atoms with E-state index in [0.29, 0.717) is 5.56 Å². The summed E-state index contributed by atoms with van der Waals surface area (Å²) in [6.07, 6.45) is 1.84. The Kier molecular flexibility index (Phi) is 9.95. The number of Topliss-reactive ketones (excluding diaryl/α,β-unsaturated/α-hetero) is 1. The quantitative estimate of drug-likeness (QED) is 0.195. The Bertz CT molecular complexity index is 1610. The molecule has 2 atom stereocenters. The number of phenols is 2. The van der Waals surface area contributed by atoms with Crippen LogP contribution in [0.3, 0.4) is 0 Å². The van der Waals surface area contributed by atoms with Gasteiger partial charge in [-0.25, -0.2) is 8.42 Å². The van der Waals surface area contributed by atoms with Crippen LogP contribution in [0.2, 0.25) is 0 Å². The Morgan fingerprint density at radius 1 is 0.878 bits per heavy atom. The third kappa shape index (κ3) is 7.54. The number of ketones is 2. The molecule has 0 spiro atoms. The lowest BCUT2D eigenvalue weighted by atomic mass is 9.85. The molecule has 0 bridgehead atoms. The first kappa shape index (κ1) is 31.0. The second-order valence-electron chi connectivity index (χ2n) is 9.30. The Labute approximate surface area is 237 Å². The zero-order valence-corrected chi connectivity index (χ0v) is 23.0. The van der Waals surface area contributed by atoms with E-state index in [1.165, 1.54) is 12.1 Å². The van der Waals surface area contributed by atoms with E-state index in [1.807, 2.05) is 13.8 Å². The average molecular weight is 580 g/mol. The number of hydrogen-bond acceptors (Lipinski definition) is 8. The molecule has 3 aromatic carbocycles. The maximum Gasteiger partial charge on any atom is 0.326 e. The summed E-state index contributed by atoms with van der Waals surface area (Å²) in [5.74, 6) is -3.26. The maximum absolute atomic E-state index is 12.3. The molecule has 3 aromatic rings. The van der Waals surface area contributed by atoms with Crippen LogP contribution >= 0.6 is 0 Å². The number of aliphatic carboxylic acids is 1. The first-order chi connectivity index (χ1) is 19.3. The number of carbonyl (C=O) groups is 3. The molecule has 41 heavy (non-hydrogen) atoms. The fourth-order valence-electron chi connectivity index (χ4n) is 3.93. The number of fused-ring (bicyclic) bond motifs is 1. The number of aliphatic hydroxyl groups excluding tert-OH is 1. The van der Waals surface area contributed by atoms with Gasteiger partial charge in [-0.1, -0.05) is 60.2 Å². The van der Waals surface area contributed by atoms with Crippen LogP contribution in [0.25, 0.3) is 0 Å². The van der Waals surface area contributed by atoms with Crippen molar-refractivity contribution in [3.05, 3.63) is 113 Å². The summed E-state index contributed by atoms with van der Waals surface area (Å²) in [6, 6.07) is 16.8. The third-order valence-corrected chi connectivity index (χ3v) is 7.44. The summed E-state index contributed by atoms with van der Waals surface area (Å²) in [5.41, 5.74) is 0.794. The summed E-state index contributed by atoms with van der Waals surface area (Å²) >= 11 is 0. The van der Waals surface area contributed by atoms with Crippen molar-refractivity contribution in [1.29, 1.82) is 0 Å². The van der Waals surface area contributed by atoms with Crippen LogP contribution in [0.1, 0.15) is 52.6 Å². The van der Waals surface area contributed by atoms with Crippen LogP contribution in [-0.2, 0) is 14.8 Å². The first-order valence-electron chi connectivity index (χ1n) is 12.4. The Morgan fingerprint density at radius 2 is 1.41 bits per heavy atom. The van der Waals surface area contributed by atoms with Crippen molar-refractivity contribution in [2.45, 2.75) is 37.3 Å². The van der Waals surface area contributed by atoms with Crippen LogP contribution in [-0.4, -0.2) is 52.5 Å². The number of benzene rings is 3. The Hall–Kier alpha value is -4.58. The number of aromatic hydroxyl groups is 2. The van der Waals surface area contributed by atoms with Crippen molar-refractivity contribution in [3.63, 3.8) is 0 Å². The minimum atomic E-state index is -3.88. The summed E-state index contributed by atoms with van der Waals surface area (Å²) in [7, 11) is -3.88. The van der Waals surface area contributed by atoms with Crippen LogP contribution < -0.4 is 4.72 Å². The maximum atomic E-state index is 12.3. The van der Waals surface area contributed by atoms with E-state index >= 15 is 0 Å². The Balaban J connectivity index is 0.000000226. The van der Waals surface area contributed by atoms with Gasteiger partial charge in [0.1, 0.15) is 17.5 Å². The standard InChI is InChI=1S/C16H16O5.C14H13NO4S/c1-8(2)3-4-10(17)9-7-13(20)14-11(18)5-6-12(19)15(14)16(9)21;16-14(17)13(11-7-3-1-4-8-11)15-20(18,19)12-9-5-2-6-10-12/h3,5-7,10,17-19H,4H2,1-2H3;1-10,13,15H,(H,16,17)/t10-;/m1./s1. The number of hydrogen-bond donors (Lipinski definition) is 5. The van der Waals surface area contributed by atoms with Crippen LogP contribution in [0, 0.1) is 0 Å². The monoisotopic (exact) mass is 579 g/mol. The molecule has 0 radical (unpaired) electrons. The van der Waals surface area contributed by atoms with Gasteiger partial charge in [-0.15, -0.1) is 0 Å². The second kappa shape index (κ2) is 13.2. The zero-order valence-electron chi connectivity index (χ0n) is 22.2. The molecule has 10 nitrogen and oxygen atoms in total. The summed E-state index contributed by atoms with van der Waals surface area (Å²) in [4.78, 5) is 35.7. The van der Waals surface area contributed by atoms with Gasteiger partial charge in [0.2, 0.25) is 10.0 Å². The molecule has 214 valence electrons. The molecule has 0 fully saturated rings. The average Bonchev–Trinajstić information content (AvgIpc) is 2.94. The molecule has 4 rings (SSSR count). The van der Waals surface area contributed by atoms with Gasteiger partial charge in [0.25, 0.3) is 0 Å². The molecule has 1 aliphatic carbocycles. The van der Waals surface area contributed by atoms with Crippen molar-refractivity contribution >= 4 is 27.6 Å².